The Morgan fingerprint density at radius 3 is 2.52 bits per heavy atom. The summed E-state index contributed by atoms with van der Waals surface area (Å²) in [6, 6.07) is -1.64. The first kappa shape index (κ1) is 17.3. The normalized spacial score (nSPS) is 23.1. The van der Waals surface area contributed by atoms with Gasteiger partial charge in [-0.1, -0.05) is 26.2 Å². The second-order valence-corrected chi connectivity index (χ2v) is 5.58. The van der Waals surface area contributed by atoms with Crippen molar-refractivity contribution in [1.82, 2.24) is 10.6 Å². The Kier molecular flexibility index (Phi) is 6.98. The van der Waals surface area contributed by atoms with Crippen molar-refractivity contribution in [2.24, 2.45) is 5.92 Å². The first-order valence-electron chi connectivity index (χ1n) is 7.44. The van der Waals surface area contributed by atoms with Gasteiger partial charge in [0.05, 0.1) is 0 Å². The van der Waals surface area contributed by atoms with Gasteiger partial charge in [0.25, 0.3) is 0 Å². The van der Waals surface area contributed by atoms with Crippen LogP contribution in [-0.2, 0) is 9.59 Å². The van der Waals surface area contributed by atoms with E-state index in [2.05, 4.69) is 17.6 Å². The maximum absolute atomic E-state index is 11.8. The molecule has 0 aromatic heterocycles. The lowest BCUT2D eigenvalue weighted by atomic mass is 9.84. The van der Waals surface area contributed by atoms with Crippen LogP contribution in [0.3, 0.4) is 0 Å². The molecule has 1 aliphatic rings. The number of hydrogen-bond acceptors (Lipinski definition) is 3. The molecule has 1 rings (SSSR count). The van der Waals surface area contributed by atoms with E-state index in [9.17, 15) is 14.4 Å². The largest absolute Gasteiger partial charge is 0.481 e. The Bertz CT molecular complexity index is 386. The van der Waals surface area contributed by atoms with Crippen LogP contribution in [0.4, 0.5) is 4.79 Å². The molecule has 2 unspecified atom stereocenters. The zero-order valence-electron chi connectivity index (χ0n) is 12.3. The Morgan fingerprint density at radius 1 is 1.24 bits per heavy atom. The van der Waals surface area contributed by atoms with Crippen LogP contribution in [0.2, 0.25) is 0 Å². The molecule has 1 saturated carbocycles. The molecular formula is C14H24N2O5. The van der Waals surface area contributed by atoms with E-state index in [1.54, 1.807) is 0 Å². The summed E-state index contributed by atoms with van der Waals surface area (Å²) in [6.07, 6.45) is 4.71. The highest BCUT2D eigenvalue weighted by Gasteiger charge is 2.25. The number of aliphatic carboxylic acids is 2. The van der Waals surface area contributed by atoms with Crippen molar-refractivity contribution in [2.75, 3.05) is 0 Å². The lowest BCUT2D eigenvalue weighted by Crippen LogP contribution is -2.50. The fraction of sp³-hybridized carbons (Fsp3) is 0.786. The number of carbonyl (C=O) groups excluding carboxylic acids is 1. The van der Waals surface area contributed by atoms with Crippen LogP contribution in [0, 0.1) is 5.92 Å². The number of carboxylic acid groups (broad SMARTS) is 2. The van der Waals surface area contributed by atoms with Gasteiger partial charge in [0, 0.05) is 12.5 Å². The highest BCUT2D eigenvalue weighted by atomic mass is 16.4. The van der Waals surface area contributed by atoms with Crippen LogP contribution < -0.4 is 10.6 Å². The Labute approximate surface area is 124 Å². The number of rotatable bonds is 7. The third-order valence-corrected chi connectivity index (χ3v) is 3.95. The van der Waals surface area contributed by atoms with Crippen molar-refractivity contribution in [3.8, 4) is 0 Å². The molecular weight excluding hydrogens is 276 g/mol. The van der Waals surface area contributed by atoms with Gasteiger partial charge in [-0.25, -0.2) is 9.59 Å². The van der Waals surface area contributed by atoms with Crippen LogP contribution >= 0.6 is 0 Å². The number of carboxylic acids is 2. The van der Waals surface area contributed by atoms with Gasteiger partial charge < -0.3 is 20.8 Å². The minimum atomic E-state index is -1.22. The number of hydrogen-bond donors (Lipinski definition) is 4. The van der Waals surface area contributed by atoms with Gasteiger partial charge in [0.15, 0.2) is 0 Å². The summed E-state index contributed by atoms with van der Waals surface area (Å²) in [5.74, 6) is -1.70. The summed E-state index contributed by atoms with van der Waals surface area (Å²) in [7, 11) is 0. The highest BCUT2D eigenvalue weighted by Crippen LogP contribution is 2.26. The van der Waals surface area contributed by atoms with Crippen LogP contribution in [0.15, 0.2) is 0 Å². The predicted octanol–water partition coefficient (Wildman–Crippen LogP) is 1.57. The molecule has 7 nitrogen and oxygen atoms in total. The average Bonchev–Trinajstić information content (AvgIpc) is 2.43. The molecule has 7 heteroatoms. The number of amides is 2. The minimum Gasteiger partial charge on any atom is -0.481 e. The first-order chi connectivity index (χ1) is 9.92. The monoisotopic (exact) mass is 300 g/mol. The zero-order valence-corrected chi connectivity index (χ0v) is 12.3. The average molecular weight is 300 g/mol. The van der Waals surface area contributed by atoms with Gasteiger partial charge in [-0.05, 0) is 25.2 Å². The van der Waals surface area contributed by atoms with Crippen LogP contribution in [0.1, 0.15) is 51.9 Å². The fourth-order valence-electron chi connectivity index (χ4n) is 2.70. The minimum absolute atomic E-state index is 0.0672. The molecule has 1 fully saturated rings. The Hall–Kier alpha value is -1.79. The first-order valence-corrected chi connectivity index (χ1v) is 7.44. The molecule has 0 heterocycles. The van der Waals surface area contributed by atoms with Gasteiger partial charge in [-0.15, -0.1) is 0 Å². The third-order valence-electron chi connectivity index (χ3n) is 3.95. The quantitative estimate of drug-likeness (QED) is 0.569. The van der Waals surface area contributed by atoms with Crippen molar-refractivity contribution in [1.29, 1.82) is 0 Å². The van der Waals surface area contributed by atoms with E-state index in [0.29, 0.717) is 5.92 Å². The van der Waals surface area contributed by atoms with Crippen molar-refractivity contribution in [3.63, 3.8) is 0 Å². The summed E-state index contributed by atoms with van der Waals surface area (Å²) in [4.78, 5) is 33.3. The molecule has 120 valence electrons. The molecule has 0 aromatic rings. The molecule has 1 aliphatic carbocycles. The van der Waals surface area contributed by atoms with Crippen LogP contribution in [0.25, 0.3) is 0 Å². The second-order valence-electron chi connectivity index (χ2n) is 5.58. The molecule has 4 N–H and O–H groups in total. The van der Waals surface area contributed by atoms with E-state index in [-0.39, 0.29) is 18.9 Å². The summed E-state index contributed by atoms with van der Waals surface area (Å²) in [6.45, 7) is 2.12. The van der Waals surface area contributed by atoms with E-state index < -0.39 is 24.0 Å². The van der Waals surface area contributed by atoms with Gasteiger partial charge in [-0.2, -0.15) is 0 Å². The van der Waals surface area contributed by atoms with E-state index >= 15 is 0 Å². The van der Waals surface area contributed by atoms with Gasteiger partial charge in [0.2, 0.25) is 0 Å². The van der Waals surface area contributed by atoms with E-state index in [0.717, 1.165) is 25.7 Å². The second kappa shape index (κ2) is 8.49. The molecule has 0 bridgehead atoms. The maximum atomic E-state index is 11.8. The standard InChI is InChI=1S/C14H24N2O5/c1-2-9-4-3-5-10(8-9)15-14(21)16-11(13(19)20)6-7-12(17)18/h9-11H,2-8H2,1H3,(H,17,18)(H,19,20)(H2,15,16,21)/t9?,10?,11-/m0/s1. The van der Waals surface area contributed by atoms with Crippen LogP contribution in [-0.4, -0.2) is 40.3 Å². The number of nitrogens with one attached hydrogen (secondary N) is 2. The summed E-state index contributed by atoms with van der Waals surface area (Å²) in [5, 5.41) is 22.7. The number of urea groups is 1. The molecule has 21 heavy (non-hydrogen) atoms. The number of carbonyl (C=O) groups is 3. The fourth-order valence-corrected chi connectivity index (χ4v) is 2.70. The van der Waals surface area contributed by atoms with Crippen molar-refractivity contribution in [2.45, 2.75) is 64.0 Å². The smallest absolute Gasteiger partial charge is 0.326 e. The molecule has 3 atom stereocenters. The molecule has 0 saturated heterocycles. The summed E-state index contributed by atoms with van der Waals surface area (Å²) < 4.78 is 0. The predicted molar refractivity (Wildman–Crippen MR) is 76.0 cm³/mol. The Morgan fingerprint density at radius 2 is 1.95 bits per heavy atom. The third kappa shape index (κ3) is 6.46. The van der Waals surface area contributed by atoms with Crippen molar-refractivity contribution < 1.29 is 24.6 Å². The summed E-state index contributed by atoms with van der Waals surface area (Å²) in [5.41, 5.74) is 0. The molecule has 0 spiro atoms. The molecule has 0 aliphatic heterocycles. The van der Waals surface area contributed by atoms with Gasteiger partial charge >= 0.3 is 18.0 Å². The van der Waals surface area contributed by atoms with Crippen molar-refractivity contribution >= 4 is 18.0 Å². The van der Waals surface area contributed by atoms with E-state index in [1.165, 1.54) is 6.42 Å². The molecule has 2 amide bonds. The van der Waals surface area contributed by atoms with E-state index in [4.69, 9.17) is 10.2 Å². The zero-order chi connectivity index (χ0) is 15.8. The lowest BCUT2D eigenvalue weighted by molar-refractivity contribution is -0.140. The molecule has 0 aromatic carbocycles. The maximum Gasteiger partial charge on any atom is 0.326 e. The Balaban J connectivity index is 2.42. The topological polar surface area (TPSA) is 116 Å². The summed E-state index contributed by atoms with van der Waals surface area (Å²) >= 11 is 0. The van der Waals surface area contributed by atoms with Crippen LogP contribution in [0.5, 0.6) is 0 Å². The van der Waals surface area contributed by atoms with Gasteiger partial charge in [-0.3, -0.25) is 4.79 Å². The van der Waals surface area contributed by atoms with Gasteiger partial charge in [0.1, 0.15) is 6.04 Å². The SMILES string of the molecule is CCC1CCCC(NC(=O)N[C@@H](CCC(=O)O)C(=O)O)C1. The van der Waals surface area contributed by atoms with Crippen molar-refractivity contribution in [3.05, 3.63) is 0 Å². The van der Waals surface area contributed by atoms with E-state index in [1.807, 2.05) is 0 Å². The molecule has 0 radical (unpaired) electrons. The lowest BCUT2D eigenvalue weighted by Gasteiger charge is -2.29. The highest BCUT2D eigenvalue weighted by molar-refractivity contribution is 5.83.